The molecule has 19 heavy (non-hydrogen) atoms. The average molecular weight is 280 g/mol. The van der Waals surface area contributed by atoms with Crippen LogP contribution in [0.5, 0.6) is 11.5 Å². The highest BCUT2D eigenvalue weighted by Crippen LogP contribution is 2.28. The highest BCUT2D eigenvalue weighted by molar-refractivity contribution is 7.07. The maximum atomic E-state index is 11.0. The molecule has 0 bridgehead atoms. The molecular weight excluding hydrogens is 264 g/mol. The molecule has 3 N–H and O–H groups in total. The smallest absolute Gasteiger partial charge is 0.304 e. The van der Waals surface area contributed by atoms with Gasteiger partial charge < -0.3 is 20.1 Å². The van der Waals surface area contributed by atoms with Crippen LogP contribution in [0.2, 0.25) is 0 Å². The molecule has 102 valence electrons. The van der Waals surface area contributed by atoms with Gasteiger partial charge in [-0.15, -0.1) is 0 Å². The largest absolute Gasteiger partial charge is 0.508 e. The van der Waals surface area contributed by atoms with E-state index in [1.165, 1.54) is 0 Å². The predicted molar refractivity (Wildman–Crippen MR) is 74.9 cm³/mol. The molecule has 6 heteroatoms. The fourth-order valence-electron chi connectivity index (χ4n) is 1.78. The van der Waals surface area contributed by atoms with Gasteiger partial charge in [0.25, 0.3) is 0 Å². The topological polar surface area (TPSA) is 74.3 Å². The SMILES string of the molecule is COc1ccc(O)c(C(C)NCc2csc(=O)[nH]2)c1. The first kappa shape index (κ1) is 13.6. The number of hydrogen-bond acceptors (Lipinski definition) is 5. The summed E-state index contributed by atoms with van der Waals surface area (Å²) >= 11 is 1.14. The van der Waals surface area contributed by atoms with Crippen LogP contribution in [0.15, 0.2) is 28.4 Å². The second-order valence-corrected chi connectivity index (χ2v) is 5.04. The van der Waals surface area contributed by atoms with Gasteiger partial charge in [-0.3, -0.25) is 4.79 Å². The number of H-pyrrole nitrogens is 1. The summed E-state index contributed by atoms with van der Waals surface area (Å²) in [6.45, 7) is 2.48. The average Bonchev–Trinajstić information content (AvgIpc) is 2.82. The van der Waals surface area contributed by atoms with Crippen LogP contribution < -0.4 is 14.9 Å². The Hall–Kier alpha value is -1.79. The first-order chi connectivity index (χ1) is 9.10. The van der Waals surface area contributed by atoms with Crippen molar-refractivity contribution in [1.82, 2.24) is 10.3 Å². The van der Waals surface area contributed by atoms with Crippen LogP contribution in [0.4, 0.5) is 0 Å². The third-order valence-corrected chi connectivity index (χ3v) is 3.59. The third kappa shape index (κ3) is 3.36. The van der Waals surface area contributed by atoms with Crippen molar-refractivity contribution in [3.8, 4) is 11.5 Å². The molecule has 0 saturated heterocycles. The quantitative estimate of drug-likeness (QED) is 0.783. The van der Waals surface area contributed by atoms with Crippen molar-refractivity contribution in [3.05, 3.63) is 44.5 Å². The lowest BCUT2D eigenvalue weighted by molar-refractivity contribution is 0.407. The standard InChI is InChI=1S/C13H16N2O3S/c1-8(14-6-9-7-19-13(17)15-9)11-5-10(18-2)3-4-12(11)16/h3-5,7-8,14,16H,6H2,1-2H3,(H,15,17). The second-order valence-electron chi connectivity index (χ2n) is 4.20. The normalized spacial score (nSPS) is 12.3. The molecule has 1 atom stereocenters. The highest BCUT2D eigenvalue weighted by Gasteiger charge is 2.11. The van der Waals surface area contributed by atoms with Gasteiger partial charge in [-0.25, -0.2) is 0 Å². The van der Waals surface area contributed by atoms with E-state index in [0.29, 0.717) is 12.3 Å². The van der Waals surface area contributed by atoms with Gasteiger partial charge in [-0.2, -0.15) is 0 Å². The minimum Gasteiger partial charge on any atom is -0.508 e. The summed E-state index contributed by atoms with van der Waals surface area (Å²) in [5, 5.41) is 14.9. The molecule has 0 aliphatic heterocycles. The summed E-state index contributed by atoms with van der Waals surface area (Å²) in [7, 11) is 1.59. The van der Waals surface area contributed by atoms with E-state index in [4.69, 9.17) is 4.74 Å². The molecule has 1 unspecified atom stereocenters. The van der Waals surface area contributed by atoms with E-state index in [0.717, 1.165) is 22.6 Å². The van der Waals surface area contributed by atoms with E-state index in [2.05, 4.69) is 10.3 Å². The summed E-state index contributed by atoms with van der Waals surface area (Å²) in [4.78, 5) is 13.7. The fourth-order valence-corrected chi connectivity index (χ4v) is 2.36. The van der Waals surface area contributed by atoms with Crippen molar-refractivity contribution < 1.29 is 9.84 Å². The molecule has 0 radical (unpaired) electrons. The van der Waals surface area contributed by atoms with Crippen LogP contribution >= 0.6 is 11.3 Å². The number of benzene rings is 1. The van der Waals surface area contributed by atoms with E-state index in [9.17, 15) is 9.90 Å². The molecule has 1 aromatic carbocycles. The van der Waals surface area contributed by atoms with Gasteiger partial charge in [0.05, 0.1) is 7.11 Å². The predicted octanol–water partition coefficient (Wildman–Crippen LogP) is 2.00. The van der Waals surface area contributed by atoms with Gasteiger partial charge >= 0.3 is 4.87 Å². The van der Waals surface area contributed by atoms with E-state index in [-0.39, 0.29) is 16.7 Å². The summed E-state index contributed by atoms with van der Waals surface area (Å²) in [6.07, 6.45) is 0. The number of aromatic nitrogens is 1. The number of aromatic hydroxyl groups is 1. The Morgan fingerprint density at radius 2 is 2.32 bits per heavy atom. The summed E-state index contributed by atoms with van der Waals surface area (Å²) in [6, 6.07) is 5.06. The lowest BCUT2D eigenvalue weighted by atomic mass is 10.1. The summed E-state index contributed by atoms with van der Waals surface area (Å²) < 4.78 is 5.14. The number of phenols is 1. The number of thiazole rings is 1. The van der Waals surface area contributed by atoms with Gasteiger partial charge in [0.15, 0.2) is 0 Å². The number of methoxy groups -OCH3 is 1. The Morgan fingerprint density at radius 1 is 1.53 bits per heavy atom. The van der Waals surface area contributed by atoms with Gasteiger partial charge in [0, 0.05) is 29.2 Å². The van der Waals surface area contributed by atoms with Gasteiger partial charge in [-0.05, 0) is 25.1 Å². The van der Waals surface area contributed by atoms with Gasteiger partial charge in [-0.1, -0.05) is 11.3 Å². The van der Waals surface area contributed by atoms with Gasteiger partial charge in [0.1, 0.15) is 11.5 Å². The highest BCUT2D eigenvalue weighted by atomic mass is 32.1. The van der Waals surface area contributed by atoms with Crippen molar-refractivity contribution in [2.75, 3.05) is 7.11 Å². The number of rotatable bonds is 5. The molecule has 0 saturated carbocycles. The van der Waals surface area contributed by atoms with E-state index >= 15 is 0 Å². The van der Waals surface area contributed by atoms with E-state index < -0.39 is 0 Å². The fraction of sp³-hybridized carbons (Fsp3) is 0.308. The molecule has 0 aliphatic carbocycles. The Bertz CT molecular complexity index is 606. The van der Waals surface area contributed by atoms with E-state index in [1.54, 1.807) is 30.7 Å². The minimum atomic E-state index is -0.0614. The zero-order valence-corrected chi connectivity index (χ0v) is 11.6. The number of phenolic OH excluding ortho intramolecular Hbond substituents is 1. The van der Waals surface area contributed by atoms with Crippen molar-refractivity contribution in [2.24, 2.45) is 0 Å². The maximum absolute atomic E-state index is 11.0. The van der Waals surface area contributed by atoms with Crippen LogP contribution in [-0.2, 0) is 6.54 Å². The number of ether oxygens (including phenoxy) is 1. The molecule has 0 spiro atoms. The third-order valence-electron chi connectivity index (χ3n) is 2.87. The van der Waals surface area contributed by atoms with Crippen LogP contribution in [0.1, 0.15) is 24.2 Å². The summed E-state index contributed by atoms with van der Waals surface area (Å²) in [5.41, 5.74) is 1.60. The molecule has 2 aromatic rings. The van der Waals surface area contributed by atoms with E-state index in [1.807, 2.05) is 6.92 Å². The van der Waals surface area contributed by atoms with Crippen molar-refractivity contribution in [1.29, 1.82) is 0 Å². The number of nitrogens with one attached hydrogen (secondary N) is 2. The Balaban J connectivity index is 2.06. The molecular formula is C13H16N2O3S. The van der Waals surface area contributed by atoms with Crippen molar-refractivity contribution in [3.63, 3.8) is 0 Å². The maximum Gasteiger partial charge on any atom is 0.304 e. The van der Waals surface area contributed by atoms with Gasteiger partial charge in [0.2, 0.25) is 0 Å². The molecule has 1 aromatic heterocycles. The second kappa shape index (κ2) is 5.90. The Labute approximate surface area is 114 Å². The minimum absolute atomic E-state index is 0.0569. The monoisotopic (exact) mass is 280 g/mol. The zero-order chi connectivity index (χ0) is 13.8. The Morgan fingerprint density at radius 3 is 2.95 bits per heavy atom. The molecule has 1 heterocycles. The van der Waals surface area contributed by atoms with Crippen LogP contribution in [0.3, 0.4) is 0 Å². The first-order valence-electron chi connectivity index (χ1n) is 5.87. The zero-order valence-electron chi connectivity index (χ0n) is 10.8. The van der Waals surface area contributed by atoms with Crippen LogP contribution in [0.25, 0.3) is 0 Å². The van der Waals surface area contributed by atoms with Crippen molar-refractivity contribution in [2.45, 2.75) is 19.5 Å². The van der Waals surface area contributed by atoms with Crippen LogP contribution in [-0.4, -0.2) is 17.2 Å². The molecule has 0 aliphatic rings. The lowest BCUT2D eigenvalue weighted by Gasteiger charge is -2.16. The van der Waals surface area contributed by atoms with Crippen LogP contribution in [0, 0.1) is 0 Å². The molecule has 0 fully saturated rings. The van der Waals surface area contributed by atoms with Crippen molar-refractivity contribution >= 4 is 11.3 Å². The lowest BCUT2D eigenvalue weighted by Crippen LogP contribution is -2.19. The molecule has 2 rings (SSSR count). The number of aromatic amines is 1. The first-order valence-corrected chi connectivity index (χ1v) is 6.75. The molecule has 5 nitrogen and oxygen atoms in total. The summed E-state index contributed by atoms with van der Waals surface area (Å²) in [5.74, 6) is 0.921. The number of hydrogen-bond donors (Lipinski definition) is 3. The molecule has 0 amide bonds. The Kier molecular flexibility index (Phi) is 4.24.